The van der Waals surface area contributed by atoms with E-state index in [0.29, 0.717) is 24.7 Å². The average Bonchev–Trinajstić information content (AvgIpc) is 2.68. The number of rotatable bonds is 3. The lowest BCUT2D eigenvalue weighted by Gasteiger charge is -1.89. The van der Waals surface area contributed by atoms with E-state index >= 15 is 0 Å². The molecule has 0 fully saturated rings. The number of pyridine rings is 1. The van der Waals surface area contributed by atoms with Gasteiger partial charge in [0, 0.05) is 30.9 Å². The van der Waals surface area contributed by atoms with Gasteiger partial charge in [-0.05, 0) is 12.1 Å². The smallest absolute Gasteiger partial charge is 0.228 e. The Morgan fingerprint density at radius 3 is 3.07 bits per heavy atom. The lowest BCUT2D eigenvalue weighted by molar-refractivity contribution is 0.380. The van der Waals surface area contributed by atoms with E-state index in [1.54, 1.807) is 12.4 Å². The molecule has 72 valence electrons. The molecule has 0 spiro atoms. The van der Waals surface area contributed by atoms with E-state index in [9.17, 15) is 0 Å². The van der Waals surface area contributed by atoms with Crippen molar-refractivity contribution in [1.82, 2.24) is 15.1 Å². The maximum atomic E-state index is 5.37. The molecule has 2 rings (SSSR count). The highest BCUT2D eigenvalue weighted by Gasteiger charge is 2.06. The van der Waals surface area contributed by atoms with Gasteiger partial charge in [-0.1, -0.05) is 5.16 Å². The van der Waals surface area contributed by atoms with E-state index in [2.05, 4.69) is 15.1 Å². The van der Waals surface area contributed by atoms with E-state index in [1.807, 2.05) is 12.1 Å². The number of aromatic nitrogens is 3. The van der Waals surface area contributed by atoms with Crippen LogP contribution < -0.4 is 5.73 Å². The van der Waals surface area contributed by atoms with Crippen LogP contribution in [0.4, 0.5) is 0 Å². The molecule has 5 heteroatoms. The first-order chi connectivity index (χ1) is 6.90. The highest BCUT2D eigenvalue weighted by atomic mass is 16.5. The number of hydrogen-bond donors (Lipinski definition) is 1. The van der Waals surface area contributed by atoms with Gasteiger partial charge in [0.1, 0.15) is 0 Å². The normalized spacial score (nSPS) is 10.4. The summed E-state index contributed by atoms with van der Waals surface area (Å²) in [5.74, 6) is 1.12. The zero-order valence-corrected chi connectivity index (χ0v) is 7.55. The fourth-order valence-corrected chi connectivity index (χ4v) is 1.09. The predicted molar refractivity (Wildman–Crippen MR) is 50.3 cm³/mol. The molecule has 0 aromatic carbocycles. The van der Waals surface area contributed by atoms with Crippen LogP contribution in [0.2, 0.25) is 0 Å². The lowest BCUT2D eigenvalue weighted by Crippen LogP contribution is -2.02. The maximum absolute atomic E-state index is 5.37. The molecule has 0 saturated carbocycles. The van der Waals surface area contributed by atoms with Crippen LogP contribution in [0, 0.1) is 0 Å². The van der Waals surface area contributed by atoms with Crippen LogP contribution in [0.1, 0.15) is 5.89 Å². The summed E-state index contributed by atoms with van der Waals surface area (Å²) in [6.07, 6.45) is 3.99. The maximum Gasteiger partial charge on any atom is 0.228 e. The van der Waals surface area contributed by atoms with Gasteiger partial charge in [0.05, 0.1) is 0 Å². The molecule has 0 amide bonds. The summed E-state index contributed by atoms with van der Waals surface area (Å²) in [5, 5.41) is 3.82. The second-order valence-electron chi connectivity index (χ2n) is 2.79. The predicted octanol–water partition coefficient (Wildman–Crippen LogP) is 0.633. The Labute approximate surface area is 81.0 Å². The number of hydrogen-bond acceptors (Lipinski definition) is 5. The fraction of sp³-hybridized carbons (Fsp3) is 0.222. The van der Waals surface area contributed by atoms with E-state index in [1.165, 1.54) is 0 Å². The summed E-state index contributed by atoms with van der Waals surface area (Å²) in [5.41, 5.74) is 6.22. The molecule has 0 saturated heterocycles. The first-order valence-corrected chi connectivity index (χ1v) is 4.33. The molecular weight excluding hydrogens is 180 g/mol. The molecule has 0 unspecified atom stereocenters. The summed E-state index contributed by atoms with van der Waals surface area (Å²) in [7, 11) is 0. The molecule has 0 atom stereocenters. The molecule has 14 heavy (non-hydrogen) atoms. The first kappa shape index (κ1) is 8.83. The Kier molecular flexibility index (Phi) is 2.51. The first-order valence-electron chi connectivity index (χ1n) is 4.33. The molecular formula is C9H10N4O. The topological polar surface area (TPSA) is 77.8 Å². The van der Waals surface area contributed by atoms with Gasteiger partial charge in [-0.25, -0.2) is 0 Å². The molecule has 2 aromatic rings. The van der Waals surface area contributed by atoms with Gasteiger partial charge in [-0.15, -0.1) is 0 Å². The molecule has 0 aliphatic carbocycles. The summed E-state index contributed by atoms with van der Waals surface area (Å²) in [6, 6.07) is 3.71. The number of nitrogens with zero attached hydrogens (tertiary/aromatic N) is 3. The third-order valence-corrected chi connectivity index (χ3v) is 1.75. The van der Waals surface area contributed by atoms with Gasteiger partial charge in [-0.2, -0.15) is 4.98 Å². The molecule has 5 nitrogen and oxygen atoms in total. The SMILES string of the molecule is NCCc1nc(-c2cccnc2)no1. The van der Waals surface area contributed by atoms with Gasteiger partial charge in [-0.3, -0.25) is 4.98 Å². The van der Waals surface area contributed by atoms with Crippen LogP contribution in [0.5, 0.6) is 0 Å². The molecule has 2 N–H and O–H groups in total. The highest BCUT2D eigenvalue weighted by Crippen LogP contribution is 2.13. The van der Waals surface area contributed by atoms with Crippen molar-refractivity contribution in [2.24, 2.45) is 5.73 Å². The van der Waals surface area contributed by atoms with Crippen molar-refractivity contribution in [3.05, 3.63) is 30.4 Å². The monoisotopic (exact) mass is 190 g/mol. The molecule has 2 aromatic heterocycles. The van der Waals surface area contributed by atoms with Crippen molar-refractivity contribution in [2.45, 2.75) is 6.42 Å². The average molecular weight is 190 g/mol. The van der Waals surface area contributed by atoms with E-state index in [4.69, 9.17) is 10.3 Å². The quantitative estimate of drug-likeness (QED) is 0.768. The largest absolute Gasteiger partial charge is 0.339 e. The molecule has 0 aliphatic rings. The zero-order valence-electron chi connectivity index (χ0n) is 7.55. The highest BCUT2D eigenvalue weighted by molar-refractivity contribution is 5.51. The van der Waals surface area contributed by atoms with Gasteiger partial charge < -0.3 is 10.3 Å². The summed E-state index contributed by atoms with van der Waals surface area (Å²) < 4.78 is 4.99. The molecule has 2 heterocycles. The van der Waals surface area contributed by atoms with E-state index < -0.39 is 0 Å². The molecule has 0 bridgehead atoms. The zero-order chi connectivity index (χ0) is 9.80. The molecule has 0 aliphatic heterocycles. The van der Waals surface area contributed by atoms with Gasteiger partial charge in [0.25, 0.3) is 0 Å². The van der Waals surface area contributed by atoms with Crippen molar-refractivity contribution in [3.63, 3.8) is 0 Å². The minimum Gasteiger partial charge on any atom is -0.339 e. The number of nitrogens with two attached hydrogens (primary N) is 1. The summed E-state index contributed by atoms with van der Waals surface area (Å²) in [4.78, 5) is 8.14. The van der Waals surface area contributed by atoms with Gasteiger partial charge in [0.15, 0.2) is 0 Å². The third-order valence-electron chi connectivity index (χ3n) is 1.75. The Balaban J connectivity index is 2.25. The fourth-order valence-electron chi connectivity index (χ4n) is 1.09. The van der Waals surface area contributed by atoms with Crippen molar-refractivity contribution in [2.75, 3.05) is 6.54 Å². The van der Waals surface area contributed by atoms with Crippen LogP contribution >= 0.6 is 0 Å². The van der Waals surface area contributed by atoms with Gasteiger partial charge in [0.2, 0.25) is 11.7 Å². The summed E-state index contributed by atoms with van der Waals surface area (Å²) >= 11 is 0. The Morgan fingerprint density at radius 1 is 1.43 bits per heavy atom. The standard InChI is InChI=1S/C9H10N4O/c10-4-3-8-12-9(13-14-8)7-2-1-5-11-6-7/h1-2,5-6H,3-4,10H2. The minimum absolute atomic E-state index is 0.509. The van der Waals surface area contributed by atoms with Gasteiger partial charge >= 0.3 is 0 Å². The van der Waals surface area contributed by atoms with Crippen molar-refractivity contribution in [1.29, 1.82) is 0 Å². The lowest BCUT2D eigenvalue weighted by atomic mass is 10.3. The van der Waals surface area contributed by atoms with Crippen LogP contribution in [0.25, 0.3) is 11.4 Å². The van der Waals surface area contributed by atoms with E-state index in [-0.39, 0.29) is 0 Å². The van der Waals surface area contributed by atoms with Crippen LogP contribution in [-0.2, 0) is 6.42 Å². The molecule has 0 radical (unpaired) electrons. The third kappa shape index (κ3) is 1.77. The van der Waals surface area contributed by atoms with Crippen LogP contribution in [0.3, 0.4) is 0 Å². The minimum atomic E-state index is 0.509. The van der Waals surface area contributed by atoms with E-state index in [0.717, 1.165) is 5.56 Å². The van der Waals surface area contributed by atoms with Crippen molar-refractivity contribution in [3.8, 4) is 11.4 Å². The van der Waals surface area contributed by atoms with Crippen molar-refractivity contribution < 1.29 is 4.52 Å². The van der Waals surface area contributed by atoms with Crippen LogP contribution in [-0.4, -0.2) is 21.7 Å². The van der Waals surface area contributed by atoms with Crippen molar-refractivity contribution >= 4 is 0 Å². The second-order valence-corrected chi connectivity index (χ2v) is 2.79. The Bertz CT molecular complexity index is 398. The Hall–Kier alpha value is -1.75. The Morgan fingerprint density at radius 2 is 2.36 bits per heavy atom. The second kappa shape index (κ2) is 3.97. The summed E-state index contributed by atoms with van der Waals surface area (Å²) in [6.45, 7) is 0.509. The van der Waals surface area contributed by atoms with Crippen LogP contribution in [0.15, 0.2) is 29.0 Å².